The van der Waals surface area contributed by atoms with Crippen LogP contribution in [0.1, 0.15) is 12.6 Å². The molecule has 0 N–H and O–H groups in total. The van der Waals surface area contributed by atoms with Gasteiger partial charge in [-0.05, 0) is 13.8 Å². The molecule has 1 aromatic rings. The zero-order chi connectivity index (χ0) is 15.3. The summed E-state index contributed by atoms with van der Waals surface area (Å²) in [6, 6.07) is 2.17. The van der Waals surface area contributed by atoms with E-state index in [4.69, 9.17) is 9.47 Å². The van der Waals surface area contributed by atoms with Gasteiger partial charge >= 0.3 is 5.97 Å². The van der Waals surface area contributed by atoms with Crippen molar-refractivity contribution in [1.29, 1.82) is 0 Å². The van der Waals surface area contributed by atoms with Crippen molar-refractivity contribution in [2.45, 2.75) is 26.5 Å². The van der Waals surface area contributed by atoms with Crippen LogP contribution in [0, 0.1) is 17.0 Å². The molecule has 0 spiro atoms. The van der Waals surface area contributed by atoms with Crippen molar-refractivity contribution in [3.05, 3.63) is 38.3 Å². The molecule has 0 saturated carbocycles. The third-order valence-electron chi connectivity index (χ3n) is 2.64. The van der Waals surface area contributed by atoms with E-state index in [1.54, 1.807) is 6.92 Å². The number of nitrogens with zero attached hydrogens (tertiary/aromatic N) is 2. The van der Waals surface area contributed by atoms with Gasteiger partial charge in [-0.15, -0.1) is 0 Å². The van der Waals surface area contributed by atoms with Gasteiger partial charge in [0.15, 0.2) is 0 Å². The summed E-state index contributed by atoms with van der Waals surface area (Å²) < 4.78 is 10.8. The first kappa shape index (κ1) is 15.8. The number of pyridine rings is 1. The van der Waals surface area contributed by atoms with Gasteiger partial charge < -0.3 is 9.47 Å². The van der Waals surface area contributed by atoms with Crippen molar-refractivity contribution < 1.29 is 19.2 Å². The Morgan fingerprint density at radius 2 is 2.15 bits per heavy atom. The second-order valence-electron chi connectivity index (χ2n) is 4.24. The van der Waals surface area contributed by atoms with Crippen molar-refractivity contribution in [1.82, 2.24) is 4.57 Å². The molecule has 0 aliphatic heterocycles. The maximum absolute atomic E-state index is 11.7. The van der Waals surface area contributed by atoms with Crippen molar-refractivity contribution >= 4 is 11.7 Å². The molecule has 0 aliphatic rings. The minimum absolute atomic E-state index is 0.110. The fourth-order valence-corrected chi connectivity index (χ4v) is 1.71. The Morgan fingerprint density at radius 1 is 1.50 bits per heavy atom. The summed E-state index contributed by atoms with van der Waals surface area (Å²) in [5.41, 5.74) is -0.606. The number of rotatable bonds is 6. The second kappa shape index (κ2) is 6.80. The lowest BCUT2D eigenvalue weighted by Crippen LogP contribution is -2.29. The Kier molecular flexibility index (Phi) is 5.39. The summed E-state index contributed by atoms with van der Waals surface area (Å²) in [4.78, 5) is 33.5. The highest BCUT2D eigenvalue weighted by Gasteiger charge is 2.18. The SMILES string of the molecule is COCC(C)OC(=O)Cn1c(C)c([N+](=O)[O-])ccc1=O. The van der Waals surface area contributed by atoms with E-state index in [0.717, 1.165) is 16.7 Å². The monoisotopic (exact) mass is 284 g/mol. The number of carbonyl (C=O) groups is 1. The van der Waals surface area contributed by atoms with E-state index in [-0.39, 0.29) is 24.5 Å². The first-order valence-electron chi connectivity index (χ1n) is 5.90. The Labute approximate surface area is 115 Å². The Balaban J connectivity index is 2.92. The second-order valence-corrected chi connectivity index (χ2v) is 4.24. The number of nitro groups is 1. The lowest BCUT2D eigenvalue weighted by atomic mass is 10.3. The molecule has 1 atom stereocenters. The molecule has 0 aromatic carbocycles. The van der Waals surface area contributed by atoms with Crippen LogP contribution in [0.5, 0.6) is 0 Å². The van der Waals surface area contributed by atoms with Crippen LogP contribution in [-0.2, 0) is 20.8 Å². The molecule has 0 amide bonds. The number of hydrogen-bond acceptors (Lipinski definition) is 6. The van der Waals surface area contributed by atoms with Gasteiger partial charge in [0.2, 0.25) is 0 Å². The summed E-state index contributed by atoms with van der Waals surface area (Å²) in [5.74, 6) is -0.653. The van der Waals surface area contributed by atoms with Crippen molar-refractivity contribution in [2.75, 3.05) is 13.7 Å². The lowest BCUT2D eigenvalue weighted by Gasteiger charge is -2.14. The van der Waals surface area contributed by atoms with Crippen LogP contribution < -0.4 is 5.56 Å². The number of methoxy groups -OCH3 is 1. The number of carbonyl (C=O) groups excluding carboxylic acids is 1. The summed E-state index contributed by atoms with van der Waals surface area (Å²) in [6.07, 6.45) is -0.456. The van der Waals surface area contributed by atoms with Gasteiger partial charge in [0.05, 0.1) is 17.2 Å². The summed E-state index contributed by atoms with van der Waals surface area (Å²) in [5, 5.41) is 10.8. The number of aromatic nitrogens is 1. The van der Waals surface area contributed by atoms with E-state index < -0.39 is 22.6 Å². The first-order valence-corrected chi connectivity index (χ1v) is 5.90. The average Bonchev–Trinajstić information content (AvgIpc) is 2.34. The maximum Gasteiger partial charge on any atom is 0.326 e. The van der Waals surface area contributed by atoms with Crippen molar-refractivity contribution in [3.8, 4) is 0 Å². The predicted molar refractivity (Wildman–Crippen MR) is 69.5 cm³/mol. The highest BCUT2D eigenvalue weighted by atomic mass is 16.6. The number of ether oxygens (including phenoxy) is 2. The molecule has 0 bridgehead atoms. The molecular formula is C12H16N2O6. The molecule has 8 heteroatoms. The largest absolute Gasteiger partial charge is 0.459 e. The Bertz CT molecular complexity index is 566. The van der Waals surface area contributed by atoms with Crippen LogP contribution >= 0.6 is 0 Å². The average molecular weight is 284 g/mol. The molecule has 1 rings (SSSR count). The molecule has 20 heavy (non-hydrogen) atoms. The van der Waals surface area contributed by atoms with E-state index in [9.17, 15) is 19.7 Å². The molecule has 0 radical (unpaired) electrons. The quantitative estimate of drug-likeness (QED) is 0.431. The van der Waals surface area contributed by atoms with E-state index in [1.807, 2.05) is 0 Å². The van der Waals surface area contributed by atoms with Crippen LogP contribution in [0.4, 0.5) is 5.69 Å². The van der Waals surface area contributed by atoms with E-state index >= 15 is 0 Å². The third-order valence-corrected chi connectivity index (χ3v) is 2.64. The lowest BCUT2D eigenvalue weighted by molar-refractivity contribution is -0.386. The van der Waals surface area contributed by atoms with Gasteiger partial charge in [-0.3, -0.25) is 24.3 Å². The van der Waals surface area contributed by atoms with Crippen LogP contribution in [0.15, 0.2) is 16.9 Å². The number of esters is 1. The van der Waals surface area contributed by atoms with Crippen LogP contribution in [0.3, 0.4) is 0 Å². The van der Waals surface area contributed by atoms with Crippen LogP contribution in [0.2, 0.25) is 0 Å². The van der Waals surface area contributed by atoms with Crippen LogP contribution in [0.25, 0.3) is 0 Å². The minimum atomic E-state index is -0.653. The predicted octanol–water partition coefficient (Wildman–Crippen LogP) is 0.643. The highest BCUT2D eigenvalue weighted by Crippen LogP contribution is 2.14. The number of hydrogen-bond donors (Lipinski definition) is 0. The molecule has 1 aromatic heterocycles. The molecular weight excluding hydrogens is 268 g/mol. The van der Waals surface area contributed by atoms with Gasteiger partial charge in [-0.2, -0.15) is 0 Å². The van der Waals surface area contributed by atoms with Crippen molar-refractivity contribution in [2.24, 2.45) is 0 Å². The standard InChI is InChI=1S/C12H16N2O6/c1-8(7-19-3)20-12(16)6-13-9(2)10(14(17)18)4-5-11(13)15/h4-5,8H,6-7H2,1-3H3. The zero-order valence-corrected chi connectivity index (χ0v) is 11.5. The third kappa shape index (κ3) is 3.89. The van der Waals surface area contributed by atoms with Gasteiger partial charge in [-0.1, -0.05) is 0 Å². The van der Waals surface area contributed by atoms with Gasteiger partial charge in [-0.25, -0.2) is 0 Å². The molecule has 0 fully saturated rings. The minimum Gasteiger partial charge on any atom is -0.459 e. The molecule has 0 saturated heterocycles. The van der Waals surface area contributed by atoms with Gasteiger partial charge in [0.1, 0.15) is 12.6 Å². The van der Waals surface area contributed by atoms with Gasteiger partial charge in [0, 0.05) is 19.2 Å². The van der Waals surface area contributed by atoms with E-state index in [2.05, 4.69) is 0 Å². The smallest absolute Gasteiger partial charge is 0.326 e. The topological polar surface area (TPSA) is 101 Å². The molecule has 110 valence electrons. The zero-order valence-electron chi connectivity index (χ0n) is 11.5. The fraction of sp³-hybridized carbons (Fsp3) is 0.500. The molecule has 1 heterocycles. The normalized spacial score (nSPS) is 11.9. The summed E-state index contributed by atoms with van der Waals surface area (Å²) in [6.45, 7) is 2.91. The van der Waals surface area contributed by atoms with E-state index in [0.29, 0.717) is 0 Å². The Hall–Kier alpha value is -2.22. The van der Waals surface area contributed by atoms with Crippen LogP contribution in [-0.4, -0.2) is 35.3 Å². The summed E-state index contributed by atoms with van der Waals surface area (Å²) in [7, 11) is 1.47. The van der Waals surface area contributed by atoms with Gasteiger partial charge in [0.25, 0.3) is 11.2 Å². The van der Waals surface area contributed by atoms with Crippen molar-refractivity contribution in [3.63, 3.8) is 0 Å². The fourth-order valence-electron chi connectivity index (χ4n) is 1.71. The first-order chi connectivity index (χ1) is 9.36. The summed E-state index contributed by atoms with van der Waals surface area (Å²) >= 11 is 0. The van der Waals surface area contributed by atoms with E-state index in [1.165, 1.54) is 14.0 Å². The molecule has 8 nitrogen and oxygen atoms in total. The Morgan fingerprint density at radius 3 is 2.70 bits per heavy atom. The molecule has 1 unspecified atom stereocenters. The highest BCUT2D eigenvalue weighted by molar-refractivity contribution is 5.69. The maximum atomic E-state index is 11.7. The molecule has 0 aliphatic carbocycles.